The van der Waals surface area contributed by atoms with Crippen molar-refractivity contribution in [1.82, 2.24) is 9.80 Å². The van der Waals surface area contributed by atoms with Gasteiger partial charge in [0.05, 0.1) is 6.54 Å². The van der Waals surface area contributed by atoms with E-state index in [1.807, 2.05) is 4.90 Å². The molecule has 0 aromatic heterocycles. The molecule has 0 spiro atoms. The highest BCUT2D eigenvalue weighted by molar-refractivity contribution is 5.76. The van der Waals surface area contributed by atoms with Crippen LogP contribution in [0.2, 0.25) is 0 Å². The molecule has 1 amide bonds. The van der Waals surface area contributed by atoms with E-state index in [0.717, 1.165) is 13.0 Å². The van der Waals surface area contributed by atoms with Crippen molar-refractivity contribution in [2.75, 3.05) is 39.3 Å². The number of carboxylic acid groups (broad SMARTS) is 1. The first-order valence-corrected chi connectivity index (χ1v) is 5.55. The number of hydrogen-bond acceptors (Lipinski definition) is 4. The number of nitrogens with two attached hydrogens (primary N) is 1. The molecule has 0 atom stereocenters. The lowest BCUT2D eigenvalue weighted by Crippen LogP contribution is -2.37. The zero-order valence-corrected chi connectivity index (χ0v) is 9.39. The minimum Gasteiger partial charge on any atom is -0.480 e. The van der Waals surface area contributed by atoms with E-state index in [-0.39, 0.29) is 12.5 Å². The maximum Gasteiger partial charge on any atom is 0.317 e. The SMILES string of the molecule is NCCC(=O)N1CCCN(CC(=O)O)CC1. The maximum absolute atomic E-state index is 11.6. The normalized spacial score (nSPS) is 18.2. The van der Waals surface area contributed by atoms with Crippen LogP contribution in [-0.2, 0) is 9.59 Å². The Balaban J connectivity index is 2.39. The number of hydrogen-bond donors (Lipinski definition) is 2. The van der Waals surface area contributed by atoms with E-state index in [9.17, 15) is 9.59 Å². The van der Waals surface area contributed by atoms with E-state index in [2.05, 4.69) is 0 Å². The number of carbonyl (C=O) groups is 2. The summed E-state index contributed by atoms with van der Waals surface area (Å²) in [4.78, 5) is 25.8. The van der Waals surface area contributed by atoms with Gasteiger partial charge in [-0.3, -0.25) is 14.5 Å². The summed E-state index contributed by atoms with van der Waals surface area (Å²) in [7, 11) is 0. The van der Waals surface area contributed by atoms with Gasteiger partial charge < -0.3 is 15.7 Å². The second-order valence-electron chi connectivity index (χ2n) is 3.94. The molecule has 6 heteroatoms. The van der Waals surface area contributed by atoms with Crippen molar-refractivity contribution < 1.29 is 14.7 Å². The summed E-state index contributed by atoms with van der Waals surface area (Å²) in [6.45, 7) is 3.09. The Morgan fingerprint density at radius 3 is 2.56 bits per heavy atom. The average Bonchev–Trinajstić information content (AvgIpc) is 2.43. The smallest absolute Gasteiger partial charge is 0.317 e. The summed E-state index contributed by atoms with van der Waals surface area (Å²) in [6, 6.07) is 0. The third-order valence-corrected chi connectivity index (χ3v) is 2.66. The van der Waals surface area contributed by atoms with Crippen LogP contribution in [0.4, 0.5) is 0 Å². The van der Waals surface area contributed by atoms with Crippen molar-refractivity contribution in [3.63, 3.8) is 0 Å². The van der Waals surface area contributed by atoms with Crippen molar-refractivity contribution in [2.45, 2.75) is 12.8 Å². The molecule has 0 bridgehead atoms. The fourth-order valence-electron chi connectivity index (χ4n) is 1.85. The van der Waals surface area contributed by atoms with Crippen LogP contribution in [0.25, 0.3) is 0 Å². The van der Waals surface area contributed by atoms with Gasteiger partial charge in [0.15, 0.2) is 0 Å². The predicted octanol–water partition coefficient (Wildman–Crippen LogP) is -1.05. The summed E-state index contributed by atoms with van der Waals surface area (Å²) >= 11 is 0. The quantitative estimate of drug-likeness (QED) is 0.642. The molecular weight excluding hydrogens is 210 g/mol. The second-order valence-corrected chi connectivity index (χ2v) is 3.94. The van der Waals surface area contributed by atoms with Crippen LogP contribution in [0.5, 0.6) is 0 Å². The number of carbonyl (C=O) groups excluding carboxylic acids is 1. The Kier molecular flexibility index (Phi) is 5.21. The number of rotatable bonds is 4. The highest BCUT2D eigenvalue weighted by Crippen LogP contribution is 2.04. The van der Waals surface area contributed by atoms with Gasteiger partial charge in [0.2, 0.25) is 5.91 Å². The molecule has 0 radical (unpaired) electrons. The van der Waals surface area contributed by atoms with Crippen LogP contribution in [0.3, 0.4) is 0 Å². The van der Waals surface area contributed by atoms with Crippen LogP contribution in [0.15, 0.2) is 0 Å². The fourth-order valence-corrected chi connectivity index (χ4v) is 1.85. The van der Waals surface area contributed by atoms with Crippen LogP contribution < -0.4 is 5.73 Å². The minimum atomic E-state index is -0.818. The molecule has 0 aromatic rings. The van der Waals surface area contributed by atoms with Crippen LogP contribution in [-0.4, -0.2) is 66.1 Å². The maximum atomic E-state index is 11.6. The van der Waals surface area contributed by atoms with E-state index in [1.54, 1.807) is 4.90 Å². The Hall–Kier alpha value is -1.14. The number of nitrogens with zero attached hydrogens (tertiary/aromatic N) is 2. The van der Waals surface area contributed by atoms with Crippen LogP contribution in [0, 0.1) is 0 Å². The zero-order chi connectivity index (χ0) is 12.0. The molecular formula is C10H19N3O3. The lowest BCUT2D eigenvalue weighted by Gasteiger charge is -2.20. The predicted molar refractivity (Wildman–Crippen MR) is 58.9 cm³/mol. The number of carboxylic acids is 1. The van der Waals surface area contributed by atoms with Gasteiger partial charge >= 0.3 is 5.97 Å². The van der Waals surface area contributed by atoms with Gasteiger partial charge in [0.1, 0.15) is 0 Å². The Labute approximate surface area is 95.0 Å². The summed E-state index contributed by atoms with van der Waals surface area (Å²) in [5, 5.41) is 8.68. The van der Waals surface area contributed by atoms with Crippen molar-refractivity contribution in [3.05, 3.63) is 0 Å². The molecule has 0 aliphatic carbocycles. The van der Waals surface area contributed by atoms with Crippen LogP contribution in [0.1, 0.15) is 12.8 Å². The molecule has 1 rings (SSSR count). The average molecular weight is 229 g/mol. The molecule has 92 valence electrons. The van der Waals surface area contributed by atoms with E-state index >= 15 is 0 Å². The highest BCUT2D eigenvalue weighted by Gasteiger charge is 2.19. The molecule has 1 fully saturated rings. The van der Waals surface area contributed by atoms with E-state index < -0.39 is 5.97 Å². The molecule has 0 unspecified atom stereocenters. The van der Waals surface area contributed by atoms with E-state index in [1.165, 1.54) is 0 Å². The third-order valence-electron chi connectivity index (χ3n) is 2.66. The molecule has 1 heterocycles. The summed E-state index contributed by atoms with van der Waals surface area (Å²) in [5.41, 5.74) is 5.33. The largest absolute Gasteiger partial charge is 0.480 e. The standard InChI is InChI=1S/C10H19N3O3/c11-3-2-9(14)13-5-1-4-12(6-7-13)8-10(15)16/h1-8,11H2,(H,15,16). The van der Waals surface area contributed by atoms with Gasteiger partial charge in [-0.2, -0.15) is 0 Å². The van der Waals surface area contributed by atoms with Crippen LogP contribution >= 0.6 is 0 Å². The summed E-state index contributed by atoms with van der Waals surface area (Å²) in [5.74, 6) is -0.749. The fraction of sp³-hybridized carbons (Fsp3) is 0.800. The molecule has 16 heavy (non-hydrogen) atoms. The van der Waals surface area contributed by atoms with Gasteiger partial charge in [0.25, 0.3) is 0 Å². The molecule has 0 saturated carbocycles. The Morgan fingerprint density at radius 2 is 1.94 bits per heavy atom. The van der Waals surface area contributed by atoms with Crippen molar-refractivity contribution in [1.29, 1.82) is 0 Å². The van der Waals surface area contributed by atoms with Gasteiger partial charge in [0, 0.05) is 39.1 Å². The molecule has 3 N–H and O–H groups in total. The zero-order valence-electron chi connectivity index (χ0n) is 9.39. The molecule has 1 aliphatic heterocycles. The first-order chi connectivity index (χ1) is 7.63. The van der Waals surface area contributed by atoms with Crippen molar-refractivity contribution in [3.8, 4) is 0 Å². The first-order valence-electron chi connectivity index (χ1n) is 5.55. The molecule has 0 aromatic carbocycles. The number of amides is 1. The minimum absolute atomic E-state index is 0.0545. The van der Waals surface area contributed by atoms with Gasteiger partial charge in [-0.25, -0.2) is 0 Å². The topological polar surface area (TPSA) is 86.9 Å². The van der Waals surface area contributed by atoms with Gasteiger partial charge in [-0.1, -0.05) is 0 Å². The first kappa shape index (κ1) is 12.9. The molecule has 6 nitrogen and oxygen atoms in total. The molecule has 1 saturated heterocycles. The Morgan fingerprint density at radius 1 is 1.19 bits per heavy atom. The van der Waals surface area contributed by atoms with Crippen molar-refractivity contribution in [2.24, 2.45) is 5.73 Å². The third kappa shape index (κ3) is 4.16. The van der Waals surface area contributed by atoms with Crippen molar-refractivity contribution >= 4 is 11.9 Å². The van der Waals surface area contributed by atoms with Gasteiger partial charge in [-0.05, 0) is 6.42 Å². The summed E-state index contributed by atoms with van der Waals surface area (Å²) in [6.07, 6.45) is 1.20. The highest BCUT2D eigenvalue weighted by atomic mass is 16.4. The second kappa shape index (κ2) is 6.44. The lowest BCUT2D eigenvalue weighted by atomic mass is 10.3. The van der Waals surface area contributed by atoms with Gasteiger partial charge in [-0.15, -0.1) is 0 Å². The Bertz CT molecular complexity index is 258. The van der Waals surface area contributed by atoms with E-state index in [4.69, 9.17) is 10.8 Å². The monoisotopic (exact) mass is 229 g/mol. The summed E-state index contributed by atoms with van der Waals surface area (Å²) < 4.78 is 0. The molecule has 1 aliphatic rings. The van der Waals surface area contributed by atoms with E-state index in [0.29, 0.717) is 32.6 Å². The lowest BCUT2D eigenvalue weighted by molar-refractivity contribution is -0.138. The number of aliphatic carboxylic acids is 1.